The Morgan fingerprint density at radius 3 is 2.59 bits per heavy atom. The van der Waals surface area contributed by atoms with Crippen LogP contribution >= 0.6 is 11.3 Å². The number of rotatable bonds is 0. The van der Waals surface area contributed by atoms with Crippen molar-refractivity contribution in [1.29, 1.82) is 0 Å². The van der Waals surface area contributed by atoms with Gasteiger partial charge < -0.3 is 0 Å². The summed E-state index contributed by atoms with van der Waals surface area (Å²) < 4.78 is 4.70. The fraction of sp³-hybridized carbons (Fsp3) is 0.357. The summed E-state index contributed by atoms with van der Waals surface area (Å²) in [6.07, 6.45) is 0. The summed E-state index contributed by atoms with van der Waals surface area (Å²) in [5, 5.41) is 5.97. The van der Waals surface area contributed by atoms with Crippen LogP contribution < -0.4 is 0 Å². The first-order chi connectivity index (χ1) is 7.98. The Morgan fingerprint density at radius 1 is 1.18 bits per heavy atom. The molecule has 0 fully saturated rings. The van der Waals surface area contributed by atoms with Gasteiger partial charge in [0.1, 0.15) is 5.52 Å². The molecule has 0 bridgehead atoms. The Labute approximate surface area is 105 Å². The van der Waals surface area contributed by atoms with Gasteiger partial charge in [0.2, 0.25) is 0 Å². The fourth-order valence-corrected chi connectivity index (χ4v) is 3.89. The summed E-state index contributed by atoms with van der Waals surface area (Å²) in [6, 6.07) is 8.51. The minimum atomic E-state index is 0.129. The van der Waals surface area contributed by atoms with Crippen LogP contribution in [0, 0.1) is 0 Å². The van der Waals surface area contributed by atoms with Gasteiger partial charge in [-0.2, -0.15) is 5.10 Å². The molecule has 3 rings (SSSR count). The molecule has 0 amide bonds. The number of aryl methyl sites for hydroxylation is 1. The molecule has 0 aliphatic carbocycles. The molecule has 0 saturated heterocycles. The van der Waals surface area contributed by atoms with Crippen molar-refractivity contribution in [3.05, 3.63) is 30.0 Å². The van der Waals surface area contributed by atoms with Crippen molar-refractivity contribution in [2.75, 3.05) is 0 Å². The second-order valence-corrected chi connectivity index (χ2v) is 6.55. The number of thiophene rings is 1. The van der Waals surface area contributed by atoms with Gasteiger partial charge in [0.05, 0.1) is 10.4 Å². The molecule has 0 spiro atoms. The Kier molecular flexibility index (Phi) is 2.11. The van der Waals surface area contributed by atoms with Crippen molar-refractivity contribution in [2.24, 2.45) is 7.05 Å². The lowest BCUT2D eigenvalue weighted by molar-refractivity contribution is 0.529. The maximum absolute atomic E-state index is 4.69. The highest BCUT2D eigenvalue weighted by Gasteiger charge is 2.24. The molecule has 0 saturated carbocycles. The van der Waals surface area contributed by atoms with E-state index in [2.05, 4.69) is 45.0 Å². The largest absolute Gasteiger partial charge is 0.270 e. The standard InChI is InChI=1S/C14H16N2S/c1-14(2,3)13-12-11(15-16(13)4)9-7-5-6-8-10(9)17-12/h5-8H,1-4H3. The number of hydrogen-bond acceptors (Lipinski definition) is 2. The predicted molar refractivity (Wildman–Crippen MR) is 74.8 cm³/mol. The zero-order chi connectivity index (χ0) is 12.2. The predicted octanol–water partition coefficient (Wildman–Crippen LogP) is 4.09. The molecule has 3 aromatic rings. The van der Waals surface area contributed by atoms with E-state index < -0.39 is 0 Å². The lowest BCUT2D eigenvalue weighted by Gasteiger charge is -2.18. The normalized spacial score (nSPS) is 12.7. The highest BCUT2D eigenvalue weighted by molar-refractivity contribution is 7.26. The van der Waals surface area contributed by atoms with Gasteiger partial charge in [-0.3, -0.25) is 4.68 Å². The molecule has 17 heavy (non-hydrogen) atoms. The molecular formula is C14H16N2S. The number of hydrogen-bond donors (Lipinski definition) is 0. The van der Waals surface area contributed by atoms with E-state index in [4.69, 9.17) is 5.10 Å². The molecule has 0 radical (unpaired) electrons. The Hall–Kier alpha value is -1.35. The molecule has 0 unspecified atom stereocenters. The SMILES string of the molecule is Cn1nc2c(sc3ccccc32)c1C(C)(C)C. The molecule has 3 heteroatoms. The number of nitrogens with zero attached hydrogens (tertiary/aromatic N) is 2. The minimum absolute atomic E-state index is 0.129. The van der Waals surface area contributed by atoms with Crippen molar-refractivity contribution >= 4 is 31.6 Å². The van der Waals surface area contributed by atoms with Gasteiger partial charge in [0.15, 0.2) is 0 Å². The van der Waals surface area contributed by atoms with Crippen LogP contribution in [0.2, 0.25) is 0 Å². The van der Waals surface area contributed by atoms with Gasteiger partial charge in [-0.15, -0.1) is 11.3 Å². The monoisotopic (exact) mass is 244 g/mol. The molecule has 0 aliphatic rings. The summed E-state index contributed by atoms with van der Waals surface area (Å²) in [6.45, 7) is 6.73. The van der Waals surface area contributed by atoms with E-state index in [0.29, 0.717) is 0 Å². The second-order valence-electron chi connectivity index (χ2n) is 5.50. The van der Waals surface area contributed by atoms with Crippen molar-refractivity contribution in [1.82, 2.24) is 9.78 Å². The van der Waals surface area contributed by atoms with Gasteiger partial charge >= 0.3 is 0 Å². The first-order valence-electron chi connectivity index (χ1n) is 5.83. The molecule has 1 aromatic carbocycles. The van der Waals surface area contributed by atoms with Crippen molar-refractivity contribution in [3.8, 4) is 0 Å². The molecular weight excluding hydrogens is 228 g/mol. The molecule has 2 aromatic heterocycles. The van der Waals surface area contributed by atoms with E-state index in [1.54, 1.807) is 0 Å². The summed E-state index contributed by atoms with van der Waals surface area (Å²) in [4.78, 5) is 0. The Morgan fingerprint density at radius 2 is 1.88 bits per heavy atom. The summed E-state index contributed by atoms with van der Waals surface area (Å²) in [5.41, 5.74) is 2.61. The average molecular weight is 244 g/mol. The summed E-state index contributed by atoms with van der Waals surface area (Å²) in [5.74, 6) is 0. The first-order valence-corrected chi connectivity index (χ1v) is 6.65. The maximum atomic E-state index is 4.69. The Balaban J connectivity index is 2.48. The minimum Gasteiger partial charge on any atom is -0.270 e. The van der Waals surface area contributed by atoms with Gasteiger partial charge in [-0.25, -0.2) is 0 Å². The quantitative estimate of drug-likeness (QED) is 0.582. The third kappa shape index (κ3) is 1.49. The lowest BCUT2D eigenvalue weighted by Crippen LogP contribution is -2.16. The molecule has 0 N–H and O–H groups in total. The van der Waals surface area contributed by atoms with Crippen molar-refractivity contribution in [3.63, 3.8) is 0 Å². The van der Waals surface area contributed by atoms with Crippen LogP contribution in [0.15, 0.2) is 24.3 Å². The fourth-order valence-electron chi connectivity index (χ4n) is 2.46. The molecule has 0 atom stereocenters. The van der Waals surface area contributed by atoms with E-state index in [1.807, 2.05) is 23.1 Å². The zero-order valence-corrected chi connectivity index (χ0v) is 11.4. The van der Waals surface area contributed by atoms with Crippen molar-refractivity contribution in [2.45, 2.75) is 26.2 Å². The van der Waals surface area contributed by atoms with Crippen LogP contribution in [-0.2, 0) is 12.5 Å². The zero-order valence-electron chi connectivity index (χ0n) is 10.6. The van der Waals surface area contributed by atoms with E-state index in [9.17, 15) is 0 Å². The third-order valence-electron chi connectivity index (χ3n) is 3.07. The van der Waals surface area contributed by atoms with Crippen LogP contribution in [0.5, 0.6) is 0 Å². The summed E-state index contributed by atoms with van der Waals surface area (Å²) >= 11 is 1.85. The lowest BCUT2D eigenvalue weighted by atomic mass is 9.92. The molecule has 2 heterocycles. The topological polar surface area (TPSA) is 17.8 Å². The maximum Gasteiger partial charge on any atom is 0.111 e. The van der Waals surface area contributed by atoms with Crippen LogP contribution in [0.3, 0.4) is 0 Å². The smallest absolute Gasteiger partial charge is 0.111 e. The van der Waals surface area contributed by atoms with Crippen LogP contribution in [0.25, 0.3) is 20.3 Å². The molecule has 0 aliphatic heterocycles. The summed E-state index contributed by atoms with van der Waals surface area (Å²) in [7, 11) is 2.04. The van der Waals surface area contributed by atoms with Gasteiger partial charge in [-0.1, -0.05) is 39.0 Å². The van der Waals surface area contributed by atoms with Gasteiger partial charge in [0.25, 0.3) is 0 Å². The van der Waals surface area contributed by atoms with Gasteiger partial charge in [-0.05, 0) is 6.07 Å². The highest BCUT2D eigenvalue weighted by Crippen LogP contribution is 2.39. The van der Waals surface area contributed by atoms with E-state index in [1.165, 1.54) is 20.5 Å². The van der Waals surface area contributed by atoms with Crippen LogP contribution in [0.4, 0.5) is 0 Å². The number of fused-ring (bicyclic) bond motifs is 3. The molecule has 88 valence electrons. The second kappa shape index (κ2) is 3.33. The molecule has 2 nitrogen and oxygen atoms in total. The van der Waals surface area contributed by atoms with Gasteiger partial charge in [0, 0.05) is 22.5 Å². The van der Waals surface area contributed by atoms with E-state index in [-0.39, 0.29) is 5.41 Å². The van der Waals surface area contributed by atoms with Crippen molar-refractivity contribution < 1.29 is 0 Å². The third-order valence-corrected chi connectivity index (χ3v) is 4.24. The number of benzene rings is 1. The van der Waals surface area contributed by atoms with Crippen LogP contribution in [0.1, 0.15) is 26.5 Å². The van der Waals surface area contributed by atoms with E-state index in [0.717, 1.165) is 5.52 Å². The van der Waals surface area contributed by atoms with Crippen LogP contribution in [-0.4, -0.2) is 9.78 Å². The number of aromatic nitrogens is 2. The first kappa shape index (κ1) is 10.8. The Bertz CT molecular complexity index is 698. The average Bonchev–Trinajstić information content (AvgIpc) is 2.70. The van der Waals surface area contributed by atoms with E-state index >= 15 is 0 Å². The highest BCUT2D eigenvalue weighted by atomic mass is 32.1.